The summed E-state index contributed by atoms with van der Waals surface area (Å²) in [4.78, 5) is 19.9. The van der Waals surface area contributed by atoms with Gasteiger partial charge in [-0.05, 0) is 17.9 Å². The molecule has 1 amide bonds. The minimum absolute atomic E-state index is 0.0243. The molecular weight excluding hydrogens is 420 g/mol. The van der Waals surface area contributed by atoms with Crippen LogP contribution in [0, 0.1) is 0 Å². The van der Waals surface area contributed by atoms with E-state index in [1.54, 1.807) is 4.90 Å². The summed E-state index contributed by atoms with van der Waals surface area (Å²) in [7, 11) is 0. The first-order valence-electron chi connectivity index (χ1n) is 9.47. The van der Waals surface area contributed by atoms with Crippen molar-refractivity contribution in [1.29, 1.82) is 0 Å². The summed E-state index contributed by atoms with van der Waals surface area (Å²) in [6.07, 6.45) is 0.834. The van der Waals surface area contributed by atoms with Crippen LogP contribution in [0.25, 0.3) is 22.2 Å². The molecule has 10 heteroatoms. The summed E-state index contributed by atoms with van der Waals surface area (Å²) in [5.74, 6) is 1.80. The minimum Gasteiger partial charge on any atom is -0.418 e. The predicted molar refractivity (Wildman–Crippen MR) is 116 cm³/mol. The number of rotatable bonds is 9. The number of thioether (sulfide) groups is 1. The zero-order chi connectivity index (χ0) is 20.8. The zero-order valence-electron chi connectivity index (χ0n) is 16.3. The average Bonchev–Trinajstić information content (AvgIpc) is 3.54. The van der Waals surface area contributed by atoms with E-state index in [0.717, 1.165) is 16.9 Å². The molecule has 1 N–H and O–H groups in total. The van der Waals surface area contributed by atoms with Crippen molar-refractivity contribution < 1.29 is 9.21 Å². The smallest absolute Gasteiger partial charge is 0.257 e. The number of amides is 1. The normalized spacial score (nSPS) is 11.0. The fourth-order valence-corrected chi connectivity index (χ4v) is 4.14. The van der Waals surface area contributed by atoms with Crippen LogP contribution in [0.2, 0.25) is 0 Å². The number of aromatic nitrogens is 5. The molecule has 0 aliphatic heterocycles. The molecule has 0 spiro atoms. The van der Waals surface area contributed by atoms with Crippen LogP contribution in [-0.2, 0) is 11.3 Å². The second-order valence-electron chi connectivity index (χ2n) is 6.41. The van der Waals surface area contributed by atoms with Gasteiger partial charge >= 0.3 is 0 Å². The van der Waals surface area contributed by atoms with Gasteiger partial charge in [0.05, 0.1) is 17.2 Å². The summed E-state index contributed by atoms with van der Waals surface area (Å²) >= 11 is 2.84. The molecule has 4 aromatic rings. The number of nitrogens with one attached hydrogen (secondary N) is 1. The van der Waals surface area contributed by atoms with Crippen LogP contribution in [0.5, 0.6) is 0 Å². The van der Waals surface area contributed by atoms with Crippen LogP contribution < -0.4 is 0 Å². The Kier molecular flexibility index (Phi) is 6.55. The zero-order valence-corrected chi connectivity index (χ0v) is 17.9. The molecule has 8 nitrogen and oxygen atoms in total. The first-order chi connectivity index (χ1) is 14.7. The molecule has 154 valence electrons. The minimum atomic E-state index is -0.0243. The van der Waals surface area contributed by atoms with Gasteiger partial charge in [0.2, 0.25) is 17.0 Å². The number of H-pyrrole nitrogens is 1. The molecule has 0 atom stereocenters. The van der Waals surface area contributed by atoms with Crippen LogP contribution >= 0.6 is 23.1 Å². The van der Waals surface area contributed by atoms with E-state index < -0.39 is 0 Å². The van der Waals surface area contributed by atoms with Crippen LogP contribution in [0.3, 0.4) is 0 Å². The Bertz CT molecular complexity index is 1080. The van der Waals surface area contributed by atoms with Gasteiger partial charge in [0, 0.05) is 12.1 Å². The Morgan fingerprint density at radius 3 is 2.83 bits per heavy atom. The first kappa shape index (κ1) is 20.3. The number of hydrogen-bond acceptors (Lipinski definition) is 8. The SMILES string of the molecule is CCCN(Cc1nnc(-c2cccs2)o1)C(=O)CSc1n[nH]c(-c2ccccc2)n1. The summed E-state index contributed by atoms with van der Waals surface area (Å²) in [6.45, 7) is 2.92. The molecule has 1 aromatic carbocycles. The molecule has 0 saturated carbocycles. The van der Waals surface area contributed by atoms with E-state index in [9.17, 15) is 4.79 Å². The van der Waals surface area contributed by atoms with Gasteiger partial charge in [0.1, 0.15) is 0 Å². The van der Waals surface area contributed by atoms with Crippen LogP contribution in [0.1, 0.15) is 19.2 Å². The third-order valence-electron chi connectivity index (χ3n) is 4.21. The molecule has 0 unspecified atom stereocenters. The summed E-state index contributed by atoms with van der Waals surface area (Å²) in [6, 6.07) is 13.6. The number of benzene rings is 1. The number of carbonyl (C=O) groups excluding carboxylic acids is 1. The maximum Gasteiger partial charge on any atom is 0.257 e. The second kappa shape index (κ2) is 9.68. The van der Waals surface area contributed by atoms with Crippen molar-refractivity contribution in [3.63, 3.8) is 0 Å². The molecule has 0 radical (unpaired) electrons. The average molecular weight is 441 g/mol. The lowest BCUT2D eigenvalue weighted by atomic mass is 10.2. The van der Waals surface area contributed by atoms with E-state index in [4.69, 9.17) is 4.42 Å². The van der Waals surface area contributed by atoms with E-state index in [-0.39, 0.29) is 18.2 Å². The van der Waals surface area contributed by atoms with Crippen LogP contribution in [0.15, 0.2) is 57.4 Å². The van der Waals surface area contributed by atoms with Crippen molar-refractivity contribution >= 4 is 29.0 Å². The van der Waals surface area contributed by atoms with E-state index in [0.29, 0.717) is 29.3 Å². The number of hydrogen-bond donors (Lipinski definition) is 1. The van der Waals surface area contributed by atoms with Gasteiger partial charge in [-0.1, -0.05) is 55.1 Å². The van der Waals surface area contributed by atoms with Crippen LogP contribution in [-0.4, -0.2) is 48.5 Å². The third-order valence-corrected chi connectivity index (χ3v) is 5.90. The highest BCUT2D eigenvalue weighted by atomic mass is 32.2. The molecule has 0 fully saturated rings. The van der Waals surface area contributed by atoms with Gasteiger partial charge in [-0.25, -0.2) is 4.98 Å². The van der Waals surface area contributed by atoms with Gasteiger partial charge < -0.3 is 9.32 Å². The van der Waals surface area contributed by atoms with Crippen molar-refractivity contribution in [3.05, 3.63) is 53.7 Å². The maximum atomic E-state index is 12.8. The maximum absolute atomic E-state index is 12.8. The van der Waals surface area contributed by atoms with E-state index in [1.165, 1.54) is 23.1 Å². The molecular formula is C20H20N6O2S2. The van der Waals surface area contributed by atoms with E-state index in [2.05, 4.69) is 25.4 Å². The molecule has 4 rings (SSSR count). The Morgan fingerprint density at radius 2 is 2.07 bits per heavy atom. The van der Waals surface area contributed by atoms with Crippen molar-refractivity contribution in [2.45, 2.75) is 25.0 Å². The van der Waals surface area contributed by atoms with Crippen molar-refractivity contribution in [2.24, 2.45) is 0 Å². The monoisotopic (exact) mass is 440 g/mol. The van der Waals surface area contributed by atoms with Crippen molar-refractivity contribution in [2.75, 3.05) is 12.3 Å². The molecule has 3 heterocycles. The highest BCUT2D eigenvalue weighted by Crippen LogP contribution is 2.24. The number of aromatic amines is 1. The quantitative estimate of drug-likeness (QED) is 0.391. The van der Waals surface area contributed by atoms with Gasteiger partial charge in [-0.15, -0.1) is 26.6 Å². The fraction of sp³-hybridized carbons (Fsp3) is 0.250. The van der Waals surface area contributed by atoms with Gasteiger partial charge in [-0.3, -0.25) is 9.89 Å². The second-order valence-corrected chi connectivity index (χ2v) is 8.31. The molecule has 0 bridgehead atoms. The molecule has 30 heavy (non-hydrogen) atoms. The first-order valence-corrected chi connectivity index (χ1v) is 11.3. The lowest BCUT2D eigenvalue weighted by molar-refractivity contribution is -0.129. The van der Waals surface area contributed by atoms with Crippen molar-refractivity contribution in [1.82, 2.24) is 30.3 Å². The molecule has 0 aliphatic rings. The van der Waals surface area contributed by atoms with Crippen molar-refractivity contribution in [3.8, 4) is 22.2 Å². The Labute approximate surface area is 181 Å². The standard InChI is InChI=1S/C20H20N6O2S2/c1-2-10-26(12-16-22-24-19(28-16)15-9-6-11-29-15)17(27)13-30-20-21-18(23-25-20)14-7-4-3-5-8-14/h3-9,11H,2,10,12-13H2,1H3,(H,21,23,25). The summed E-state index contributed by atoms with van der Waals surface area (Å²) in [5.41, 5.74) is 0.953. The molecule has 3 aromatic heterocycles. The Hall–Kier alpha value is -2.98. The predicted octanol–water partition coefficient (Wildman–Crippen LogP) is 4.11. The van der Waals surface area contributed by atoms with Gasteiger partial charge in [0.25, 0.3) is 5.89 Å². The Morgan fingerprint density at radius 1 is 1.20 bits per heavy atom. The molecule has 0 saturated heterocycles. The van der Waals surface area contributed by atoms with Gasteiger partial charge in [0.15, 0.2) is 5.82 Å². The summed E-state index contributed by atoms with van der Waals surface area (Å²) in [5, 5.41) is 17.8. The lowest BCUT2D eigenvalue weighted by Crippen LogP contribution is -2.32. The number of nitrogens with zero attached hydrogens (tertiary/aromatic N) is 5. The fourth-order valence-electron chi connectivity index (χ4n) is 2.80. The van der Waals surface area contributed by atoms with E-state index in [1.807, 2.05) is 54.8 Å². The lowest BCUT2D eigenvalue weighted by Gasteiger charge is -2.19. The largest absolute Gasteiger partial charge is 0.418 e. The highest BCUT2D eigenvalue weighted by Gasteiger charge is 2.19. The van der Waals surface area contributed by atoms with Gasteiger partial charge in [-0.2, -0.15) is 0 Å². The highest BCUT2D eigenvalue weighted by molar-refractivity contribution is 7.99. The third kappa shape index (κ3) is 4.95. The topological polar surface area (TPSA) is 101 Å². The van der Waals surface area contributed by atoms with Crippen LogP contribution in [0.4, 0.5) is 0 Å². The summed E-state index contributed by atoms with van der Waals surface area (Å²) < 4.78 is 5.73. The molecule has 0 aliphatic carbocycles. The Balaban J connectivity index is 1.36. The number of carbonyl (C=O) groups is 1. The number of thiophene rings is 1. The van der Waals surface area contributed by atoms with E-state index >= 15 is 0 Å².